The van der Waals surface area contributed by atoms with Gasteiger partial charge < -0.3 is 4.18 Å². The predicted octanol–water partition coefficient (Wildman–Crippen LogP) is 4.34. The van der Waals surface area contributed by atoms with Gasteiger partial charge >= 0.3 is 10.1 Å². The first-order valence-corrected chi connectivity index (χ1v) is 10.3. The fourth-order valence-corrected chi connectivity index (χ4v) is 4.12. The van der Waals surface area contributed by atoms with E-state index in [0.717, 1.165) is 5.56 Å². The maximum atomic E-state index is 13.0. The Morgan fingerprint density at radius 3 is 2.28 bits per heavy atom. The molecule has 0 unspecified atom stereocenters. The monoisotopic (exact) mass is 501 g/mol. The third-order valence-electron chi connectivity index (χ3n) is 4.07. The van der Waals surface area contributed by atoms with Gasteiger partial charge in [0.05, 0.1) is 10.7 Å². The van der Waals surface area contributed by atoms with Gasteiger partial charge in [-0.3, -0.25) is 4.79 Å². The summed E-state index contributed by atoms with van der Waals surface area (Å²) in [6.07, 6.45) is 0. The molecule has 1 heterocycles. The molecule has 3 aromatic rings. The quantitative estimate of drug-likeness (QED) is 0.295. The van der Waals surface area contributed by atoms with Crippen LogP contribution in [0.5, 0.6) is 5.88 Å². The largest absolute Gasteiger partial charge is 0.358 e. The van der Waals surface area contributed by atoms with Crippen molar-refractivity contribution in [2.75, 3.05) is 0 Å². The summed E-state index contributed by atoms with van der Waals surface area (Å²) >= 11 is 12.0. The summed E-state index contributed by atoms with van der Waals surface area (Å²) in [4.78, 5) is 13.0. The molecule has 0 aliphatic carbocycles. The summed E-state index contributed by atoms with van der Waals surface area (Å²) < 4.78 is 31.9. The molecule has 0 aliphatic heterocycles. The van der Waals surface area contributed by atoms with Crippen molar-refractivity contribution in [3.8, 4) is 5.88 Å². The second-order valence-electron chi connectivity index (χ2n) is 6.19. The Bertz CT molecular complexity index is 1180. The molecule has 0 aliphatic rings. The van der Waals surface area contributed by atoms with Crippen molar-refractivity contribution in [3.05, 3.63) is 74.9 Å². The Balaban J connectivity index is 0.00000300. The van der Waals surface area contributed by atoms with Crippen molar-refractivity contribution < 1.29 is 34.5 Å². The second kappa shape index (κ2) is 8.90. The molecule has 0 amide bonds. The molecule has 0 atom stereocenters. The summed E-state index contributed by atoms with van der Waals surface area (Å²) in [6, 6.07) is 10.6. The molecule has 1 aromatic heterocycles. The predicted molar refractivity (Wildman–Crippen MR) is 107 cm³/mol. The van der Waals surface area contributed by atoms with Crippen molar-refractivity contribution >= 4 is 39.1 Å². The van der Waals surface area contributed by atoms with Gasteiger partial charge in [-0.1, -0.05) is 40.9 Å². The molecule has 0 fully saturated rings. The third-order valence-corrected chi connectivity index (χ3v) is 5.85. The number of hydrogen-bond acceptors (Lipinski definition) is 5. The van der Waals surface area contributed by atoms with Gasteiger partial charge in [-0.25, -0.2) is 4.68 Å². The molecule has 1 radical (unpaired) electrons. The average Bonchev–Trinajstić information content (AvgIpc) is 2.87. The van der Waals surface area contributed by atoms with Gasteiger partial charge in [0.2, 0.25) is 11.7 Å². The number of carbonyl (C=O) groups excluding carboxylic acids is 1. The molecule has 0 spiro atoms. The number of aromatic nitrogens is 2. The van der Waals surface area contributed by atoms with E-state index in [0.29, 0.717) is 10.7 Å². The Hall–Kier alpha value is -1.83. The fourth-order valence-electron chi connectivity index (χ4n) is 2.66. The Labute approximate surface area is 189 Å². The number of carbonyl (C=O) groups is 1. The first kappa shape index (κ1) is 23.4. The van der Waals surface area contributed by atoms with E-state index >= 15 is 0 Å². The normalized spacial score (nSPS) is 11.1. The number of aryl methyl sites for hydroxylation is 3. The Morgan fingerprint density at radius 1 is 1.07 bits per heavy atom. The molecule has 29 heavy (non-hydrogen) atoms. The number of ketones is 1. The summed E-state index contributed by atoms with van der Waals surface area (Å²) in [6.45, 7) is 3.43. The van der Waals surface area contributed by atoms with Gasteiger partial charge in [-0.15, -0.1) is 0 Å². The first-order chi connectivity index (χ1) is 13.1. The van der Waals surface area contributed by atoms with E-state index in [2.05, 4.69) is 5.10 Å². The minimum Gasteiger partial charge on any atom is -0.358 e. The zero-order chi connectivity index (χ0) is 20.6. The topological polar surface area (TPSA) is 78.3 Å². The van der Waals surface area contributed by atoms with E-state index in [4.69, 9.17) is 27.4 Å². The Kier molecular flexibility index (Phi) is 7.19. The van der Waals surface area contributed by atoms with Gasteiger partial charge in [0.1, 0.15) is 10.5 Å². The van der Waals surface area contributed by atoms with Crippen molar-refractivity contribution in [2.45, 2.75) is 18.7 Å². The van der Waals surface area contributed by atoms with Crippen LogP contribution < -0.4 is 4.18 Å². The standard InChI is InChI=1S/C19H16Cl2N2O4S.Cu/c1-11-4-7-14(8-5-11)28(25,26)27-19-17(12(2)22-23(19)3)18(24)15-9-6-13(20)10-16(15)21;/h4-10H,1-3H3;. The van der Waals surface area contributed by atoms with Crippen LogP contribution >= 0.6 is 23.2 Å². The van der Waals surface area contributed by atoms with Crippen LogP contribution in [0.4, 0.5) is 0 Å². The molecule has 157 valence electrons. The van der Waals surface area contributed by atoms with E-state index in [1.54, 1.807) is 19.1 Å². The van der Waals surface area contributed by atoms with E-state index < -0.39 is 15.9 Å². The minimum absolute atomic E-state index is 0. The smallest absolute Gasteiger partial charge is 0.340 e. The average molecular weight is 503 g/mol. The van der Waals surface area contributed by atoms with Crippen LogP contribution in [-0.4, -0.2) is 24.0 Å². The van der Waals surface area contributed by atoms with Crippen LogP contribution in [0.2, 0.25) is 10.0 Å². The van der Waals surface area contributed by atoms with Crippen molar-refractivity contribution in [2.24, 2.45) is 7.05 Å². The third kappa shape index (κ3) is 4.85. The maximum absolute atomic E-state index is 13.0. The number of benzene rings is 2. The number of rotatable bonds is 5. The molecule has 0 saturated carbocycles. The van der Waals surface area contributed by atoms with Gasteiger partial charge in [0.25, 0.3) is 0 Å². The van der Waals surface area contributed by atoms with E-state index in [1.165, 1.54) is 42.1 Å². The summed E-state index contributed by atoms with van der Waals surface area (Å²) in [5, 5.41) is 4.66. The number of hydrogen-bond donors (Lipinski definition) is 0. The first-order valence-electron chi connectivity index (χ1n) is 8.14. The van der Waals surface area contributed by atoms with Crippen LogP contribution in [0, 0.1) is 13.8 Å². The van der Waals surface area contributed by atoms with Gasteiger partial charge in [0.15, 0.2) is 0 Å². The van der Waals surface area contributed by atoms with Gasteiger partial charge in [-0.05, 0) is 44.2 Å². The van der Waals surface area contributed by atoms with E-state index in [1.807, 2.05) is 6.92 Å². The van der Waals surface area contributed by atoms with Crippen LogP contribution in [0.1, 0.15) is 27.2 Å². The zero-order valence-corrected chi connectivity index (χ0v) is 18.8. The van der Waals surface area contributed by atoms with Crippen LogP contribution in [0.3, 0.4) is 0 Å². The van der Waals surface area contributed by atoms with Gasteiger partial charge in [0, 0.05) is 34.7 Å². The molecular formula is C19H16Cl2CuN2O4S. The summed E-state index contributed by atoms with van der Waals surface area (Å²) in [7, 11) is -2.67. The maximum Gasteiger partial charge on any atom is 0.340 e. The van der Waals surface area contributed by atoms with Crippen LogP contribution in [0.15, 0.2) is 47.4 Å². The molecule has 0 bridgehead atoms. The second-order valence-corrected chi connectivity index (χ2v) is 8.58. The van der Waals surface area contributed by atoms with Crippen LogP contribution in [-0.2, 0) is 34.2 Å². The number of nitrogens with zero attached hydrogens (tertiary/aromatic N) is 2. The minimum atomic E-state index is -4.16. The number of halogens is 2. The molecule has 2 aromatic carbocycles. The molecular weight excluding hydrogens is 487 g/mol. The Morgan fingerprint density at radius 2 is 1.69 bits per heavy atom. The zero-order valence-electron chi connectivity index (χ0n) is 15.5. The molecule has 10 heteroatoms. The molecule has 3 rings (SSSR count). The summed E-state index contributed by atoms with van der Waals surface area (Å²) in [5.41, 5.74) is 1.40. The molecule has 6 nitrogen and oxygen atoms in total. The van der Waals surface area contributed by atoms with Gasteiger partial charge in [-0.2, -0.15) is 13.5 Å². The molecule has 0 saturated heterocycles. The van der Waals surface area contributed by atoms with E-state index in [-0.39, 0.29) is 44.0 Å². The van der Waals surface area contributed by atoms with Crippen molar-refractivity contribution in [3.63, 3.8) is 0 Å². The van der Waals surface area contributed by atoms with Crippen molar-refractivity contribution in [1.29, 1.82) is 0 Å². The fraction of sp³-hybridized carbons (Fsp3) is 0.158. The molecule has 0 N–H and O–H groups in total. The van der Waals surface area contributed by atoms with E-state index in [9.17, 15) is 13.2 Å². The van der Waals surface area contributed by atoms with Crippen molar-refractivity contribution in [1.82, 2.24) is 9.78 Å². The summed E-state index contributed by atoms with van der Waals surface area (Å²) in [5.74, 6) is -0.699. The van der Waals surface area contributed by atoms with Crippen LogP contribution in [0.25, 0.3) is 0 Å². The SMILES string of the molecule is Cc1ccc(S(=O)(=O)Oc2c(C(=O)c3ccc(Cl)cc3Cl)c(C)nn2C)cc1.[Cu].